The summed E-state index contributed by atoms with van der Waals surface area (Å²) in [5, 5.41) is 17.0. The summed E-state index contributed by atoms with van der Waals surface area (Å²) in [6, 6.07) is 6.80. The van der Waals surface area contributed by atoms with Gasteiger partial charge < -0.3 is 5.11 Å². The van der Waals surface area contributed by atoms with Crippen molar-refractivity contribution < 1.29 is 9.90 Å². The Hall–Kier alpha value is -2.76. The van der Waals surface area contributed by atoms with Crippen LogP contribution in [0.1, 0.15) is 16.1 Å². The fourth-order valence-corrected chi connectivity index (χ4v) is 1.82. The highest BCUT2D eigenvalue weighted by Crippen LogP contribution is 2.18. The van der Waals surface area contributed by atoms with Crippen molar-refractivity contribution in [3.8, 4) is 11.4 Å². The standard InChI is InChI=1S/C13H10N4O2/c1-8-2-3-10(7-14-8)12-16-15-11-6-9(13(18)19)4-5-17(11)12/h2-7H,1H3,(H,18,19). The minimum atomic E-state index is -0.982. The monoisotopic (exact) mass is 254 g/mol. The van der Waals surface area contributed by atoms with Crippen LogP contribution in [0.5, 0.6) is 0 Å². The van der Waals surface area contributed by atoms with Crippen molar-refractivity contribution in [2.45, 2.75) is 6.92 Å². The van der Waals surface area contributed by atoms with Crippen LogP contribution >= 0.6 is 0 Å². The maximum atomic E-state index is 10.9. The molecule has 0 amide bonds. The summed E-state index contributed by atoms with van der Waals surface area (Å²) in [6.45, 7) is 1.91. The molecule has 6 nitrogen and oxygen atoms in total. The summed E-state index contributed by atoms with van der Waals surface area (Å²) >= 11 is 0. The van der Waals surface area contributed by atoms with Crippen LogP contribution in [0.2, 0.25) is 0 Å². The van der Waals surface area contributed by atoms with Crippen molar-refractivity contribution in [1.29, 1.82) is 0 Å². The molecular weight excluding hydrogens is 244 g/mol. The quantitative estimate of drug-likeness (QED) is 0.754. The molecule has 0 bridgehead atoms. The smallest absolute Gasteiger partial charge is 0.335 e. The molecule has 0 unspecified atom stereocenters. The van der Waals surface area contributed by atoms with Gasteiger partial charge in [0.25, 0.3) is 0 Å². The molecule has 0 aliphatic heterocycles. The highest BCUT2D eigenvalue weighted by molar-refractivity contribution is 5.88. The van der Waals surface area contributed by atoms with Gasteiger partial charge in [0.1, 0.15) is 0 Å². The minimum Gasteiger partial charge on any atom is -0.478 e. The van der Waals surface area contributed by atoms with Gasteiger partial charge in [-0.3, -0.25) is 9.38 Å². The molecule has 0 aromatic carbocycles. The van der Waals surface area contributed by atoms with Crippen LogP contribution in [0, 0.1) is 6.92 Å². The summed E-state index contributed by atoms with van der Waals surface area (Å²) in [4.78, 5) is 15.1. The maximum absolute atomic E-state index is 10.9. The number of aromatic nitrogens is 4. The average molecular weight is 254 g/mol. The summed E-state index contributed by atoms with van der Waals surface area (Å²) in [5.74, 6) is -0.344. The molecule has 0 aliphatic rings. The second kappa shape index (κ2) is 4.16. The van der Waals surface area contributed by atoms with Gasteiger partial charge in [-0.2, -0.15) is 0 Å². The molecule has 0 aliphatic carbocycles. The van der Waals surface area contributed by atoms with Crippen LogP contribution in [-0.4, -0.2) is 30.7 Å². The van der Waals surface area contributed by atoms with Crippen molar-refractivity contribution in [2.24, 2.45) is 0 Å². The Kier molecular flexibility index (Phi) is 2.49. The van der Waals surface area contributed by atoms with Crippen LogP contribution in [0.4, 0.5) is 0 Å². The number of carboxylic acid groups (broad SMARTS) is 1. The zero-order valence-electron chi connectivity index (χ0n) is 10.1. The molecule has 94 valence electrons. The van der Waals surface area contributed by atoms with Gasteiger partial charge in [-0.25, -0.2) is 4.79 Å². The van der Waals surface area contributed by atoms with E-state index in [0.717, 1.165) is 11.3 Å². The van der Waals surface area contributed by atoms with E-state index in [0.29, 0.717) is 11.5 Å². The summed E-state index contributed by atoms with van der Waals surface area (Å²) < 4.78 is 1.73. The summed E-state index contributed by atoms with van der Waals surface area (Å²) in [6.07, 6.45) is 3.37. The van der Waals surface area contributed by atoms with E-state index in [-0.39, 0.29) is 5.56 Å². The van der Waals surface area contributed by atoms with E-state index >= 15 is 0 Å². The molecule has 0 radical (unpaired) electrons. The molecule has 3 heterocycles. The second-order valence-electron chi connectivity index (χ2n) is 4.16. The first-order chi connectivity index (χ1) is 9.15. The first-order valence-electron chi connectivity index (χ1n) is 5.66. The number of rotatable bonds is 2. The molecule has 3 aromatic rings. The summed E-state index contributed by atoms with van der Waals surface area (Å²) in [7, 11) is 0. The van der Waals surface area contributed by atoms with Crippen molar-refractivity contribution in [1.82, 2.24) is 19.6 Å². The van der Waals surface area contributed by atoms with Gasteiger partial charge in [0.2, 0.25) is 0 Å². The maximum Gasteiger partial charge on any atom is 0.335 e. The van der Waals surface area contributed by atoms with Gasteiger partial charge in [-0.05, 0) is 31.2 Å². The first-order valence-corrected chi connectivity index (χ1v) is 5.66. The van der Waals surface area contributed by atoms with E-state index in [1.807, 2.05) is 19.1 Å². The van der Waals surface area contributed by atoms with Crippen LogP contribution < -0.4 is 0 Å². The zero-order chi connectivity index (χ0) is 13.4. The lowest BCUT2D eigenvalue weighted by atomic mass is 10.2. The number of carboxylic acids is 1. The SMILES string of the molecule is Cc1ccc(-c2nnc3cc(C(=O)O)ccn23)cn1. The minimum absolute atomic E-state index is 0.188. The van der Waals surface area contributed by atoms with E-state index in [1.54, 1.807) is 16.8 Å². The Morgan fingerprint density at radius 3 is 2.79 bits per heavy atom. The van der Waals surface area contributed by atoms with Crippen molar-refractivity contribution in [3.63, 3.8) is 0 Å². The largest absolute Gasteiger partial charge is 0.478 e. The van der Waals surface area contributed by atoms with Crippen LogP contribution in [0.3, 0.4) is 0 Å². The third-order valence-electron chi connectivity index (χ3n) is 2.83. The molecule has 1 N–H and O–H groups in total. The number of pyridine rings is 2. The van der Waals surface area contributed by atoms with E-state index in [4.69, 9.17) is 5.11 Å². The number of hydrogen-bond acceptors (Lipinski definition) is 4. The lowest BCUT2D eigenvalue weighted by Crippen LogP contribution is -1.98. The molecule has 0 atom stereocenters. The topological polar surface area (TPSA) is 80.4 Å². The second-order valence-corrected chi connectivity index (χ2v) is 4.16. The van der Waals surface area contributed by atoms with E-state index in [9.17, 15) is 4.79 Å². The van der Waals surface area contributed by atoms with Crippen molar-refractivity contribution >= 4 is 11.6 Å². The Balaban J connectivity index is 2.15. The number of aryl methyl sites for hydroxylation is 1. The van der Waals surface area contributed by atoms with Crippen LogP contribution in [-0.2, 0) is 0 Å². The normalized spacial score (nSPS) is 10.8. The molecule has 0 spiro atoms. The molecule has 0 fully saturated rings. The van der Waals surface area contributed by atoms with Gasteiger partial charge in [-0.15, -0.1) is 10.2 Å². The highest BCUT2D eigenvalue weighted by Gasteiger charge is 2.10. The molecule has 3 rings (SSSR count). The third-order valence-corrected chi connectivity index (χ3v) is 2.83. The van der Waals surface area contributed by atoms with E-state index in [2.05, 4.69) is 15.2 Å². The first kappa shape index (κ1) is 11.3. The van der Waals surface area contributed by atoms with Gasteiger partial charge in [-0.1, -0.05) is 0 Å². The predicted octanol–water partition coefficient (Wildman–Crippen LogP) is 1.80. The van der Waals surface area contributed by atoms with Gasteiger partial charge in [0, 0.05) is 23.7 Å². The van der Waals surface area contributed by atoms with E-state index in [1.165, 1.54) is 12.1 Å². The Morgan fingerprint density at radius 1 is 1.26 bits per heavy atom. The van der Waals surface area contributed by atoms with E-state index < -0.39 is 5.97 Å². The molecule has 6 heteroatoms. The Labute approximate surface area is 108 Å². The average Bonchev–Trinajstić information content (AvgIpc) is 2.82. The fraction of sp³-hybridized carbons (Fsp3) is 0.0769. The Bertz CT molecular complexity index is 762. The molecule has 3 aromatic heterocycles. The Morgan fingerprint density at radius 2 is 2.11 bits per heavy atom. The summed E-state index contributed by atoms with van der Waals surface area (Å²) in [5.41, 5.74) is 2.44. The zero-order valence-corrected chi connectivity index (χ0v) is 10.1. The van der Waals surface area contributed by atoms with Gasteiger partial charge in [0.05, 0.1) is 5.56 Å². The van der Waals surface area contributed by atoms with Gasteiger partial charge in [0.15, 0.2) is 11.5 Å². The lowest BCUT2D eigenvalue weighted by molar-refractivity contribution is 0.0697. The number of aromatic carboxylic acids is 1. The van der Waals surface area contributed by atoms with Crippen LogP contribution in [0.25, 0.3) is 17.0 Å². The fourth-order valence-electron chi connectivity index (χ4n) is 1.82. The lowest BCUT2D eigenvalue weighted by Gasteiger charge is -2.00. The third kappa shape index (κ3) is 1.93. The molecular formula is C13H10N4O2. The number of nitrogens with zero attached hydrogens (tertiary/aromatic N) is 4. The van der Waals surface area contributed by atoms with Crippen molar-refractivity contribution in [3.05, 3.63) is 47.9 Å². The van der Waals surface area contributed by atoms with Crippen molar-refractivity contribution in [2.75, 3.05) is 0 Å². The molecule has 19 heavy (non-hydrogen) atoms. The number of carbonyl (C=O) groups is 1. The number of hydrogen-bond donors (Lipinski definition) is 1. The molecule has 0 saturated carbocycles. The van der Waals surface area contributed by atoms with Crippen LogP contribution in [0.15, 0.2) is 36.7 Å². The number of fused-ring (bicyclic) bond motifs is 1. The highest BCUT2D eigenvalue weighted by atomic mass is 16.4. The van der Waals surface area contributed by atoms with Gasteiger partial charge >= 0.3 is 5.97 Å². The predicted molar refractivity (Wildman–Crippen MR) is 67.9 cm³/mol. The molecule has 0 saturated heterocycles.